The van der Waals surface area contributed by atoms with E-state index >= 15 is 0 Å². The van der Waals surface area contributed by atoms with E-state index in [0.717, 1.165) is 23.1 Å². The molecule has 2 unspecified atom stereocenters. The Hall–Kier alpha value is -3.15. The Morgan fingerprint density at radius 3 is 2.62 bits per heavy atom. The second-order valence-electron chi connectivity index (χ2n) is 9.88. The molecule has 0 spiro atoms. The first-order valence-electron chi connectivity index (χ1n) is 12.6. The maximum atomic E-state index is 13.8. The molecule has 2 aliphatic rings. The summed E-state index contributed by atoms with van der Waals surface area (Å²) < 4.78 is 29.9. The van der Waals surface area contributed by atoms with Gasteiger partial charge in [-0.3, -0.25) is 9.79 Å². The fourth-order valence-corrected chi connectivity index (χ4v) is 6.54. The van der Waals surface area contributed by atoms with Crippen molar-refractivity contribution in [1.29, 1.82) is 0 Å². The first-order valence-corrected chi connectivity index (χ1v) is 14.1. The molecule has 10 nitrogen and oxygen atoms in total. The van der Waals surface area contributed by atoms with Gasteiger partial charge in [0.25, 0.3) is 0 Å². The summed E-state index contributed by atoms with van der Waals surface area (Å²) in [5.74, 6) is -0.0541. The third-order valence-corrected chi connectivity index (χ3v) is 8.50. The molecule has 0 saturated carbocycles. The molecule has 0 aliphatic carbocycles. The summed E-state index contributed by atoms with van der Waals surface area (Å²) in [6, 6.07) is 11.5. The standard InChI is InChI=1S/C26H36N6O4S/c1-17-12-19-8-4-10-23(24(19)30-14-17)37(35,36)31-22(9-5-11-29-26(27)28)25(34)32-15-20-7-3-2-6-18(20)13-21(32)16-33/h2-4,6-8,10,17,21-22,30-31,33H,5,9,11-16H2,1H3,(H4,27,28,29)/t17?,21?,22-/m0/s1. The van der Waals surface area contributed by atoms with Crippen LogP contribution < -0.4 is 21.5 Å². The maximum Gasteiger partial charge on any atom is 0.243 e. The number of fused-ring (bicyclic) bond motifs is 2. The molecule has 3 atom stereocenters. The number of carbonyl (C=O) groups excluding carboxylic acids is 1. The Bertz CT molecular complexity index is 1260. The van der Waals surface area contributed by atoms with Crippen LogP contribution in [-0.2, 0) is 34.2 Å². The predicted molar refractivity (Wildman–Crippen MR) is 143 cm³/mol. The predicted octanol–water partition coefficient (Wildman–Crippen LogP) is 0.937. The van der Waals surface area contributed by atoms with E-state index in [2.05, 4.69) is 22.0 Å². The number of aliphatic hydroxyl groups is 1. The zero-order chi connectivity index (χ0) is 26.6. The molecule has 7 N–H and O–H groups in total. The largest absolute Gasteiger partial charge is 0.394 e. The van der Waals surface area contributed by atoms with E-state index < -0.39 is 22.1 Å². The average molecular weight is 529 g/mol. The lowest BCUT2D eigenvalue weighted by Gasteiger charge is -2.38. The van der Waals surface area contributed by atoms with Gasteiger partial charge in [0.05, 0.1) is 18.3 Å². The van der Waals surface area contributed by atoms with Gasteiger partial charge in [0.2, 0.25) is 15.9 Å². The number of sulfonamides is 1. The van der Waals surface area contributed by atoms with E-state index in [1.165, 1.54) is 0 Å². The molecule has 4 rings (SSSR count). The molecule has 0 aromatic heterocycles. The molecule has 2 aromatic rings. The Balaban J connectivity index is 1.61. The molecule has 2 heterocycles. The van der Waals surface area contributed by atoms with Crippen LogP contribution in [0, 0.1) is 5.92 Å². The lowest BCUT2D eigenvalue weighted by molar-refractivity contribution is -0.137. The molecule has 0 saturated heterocycles. The number of hydrogen-bond acceptors (Lipinski definition) is 6. The number of carbonyl (C=O) groups is 1. The molecule has 37 heavy (non-hydrogen) atoms. The molecule has 2 aliphatic heterocycles. The lowest BCUT2D eigenvalue weighted by atomic mass is 9.93. The summed E-state index contributed by atoms with van der Waals surface area (Å²) in [4.78, 5) is 19.5. The van der Waals surface area contributed by atoms with Gasteiger partial charge in [-0.05, 0) is 54.4 Å². The van der Waals surface area contributed by atoms with E-state index in [0.29, 0.717) is 37.5 Å². The van der Waals surface area contributed by atoms with Crippen molar-refractivity contribution < 1.29 is 18.3 Å². The number of guanidine groups is 1. The zero-order valence-corrected chi connectivity index (χ0v) is 21.9. The third-order valence-electron chi connectivity index (χ3n) is 6.99. The van der Waals surface area contributed by atoms with Gasteiger partial charge < -0.3 is 26.8 Å². The van der Waals surface area contributed by atoms with Crippen molar-refractivity contribution in [1.82, 2.24) is 9.62 Å². The van der Waals surface area contributed by atoms with Crippen molar-refractivity contribution in [2.45, 2.75) is 56.1 Å². The van der Waals surface area contributed by atoms with Crippen LogP contribution in [0.5, 0.6) is 0 Å². The summed E-state index contributed by atoms with van der Waals surface area (Å²) in [6.07, 6.45) is 1.87. The van der Waals surface area contributed by atoms with Crippen molar-refractivity contribution in [3.05, 3.63) is 59.2 Å². The highest BCUT2D eigenvalue weighted by molar-refractivity contribution is 7.89. The van der Waals surface area contributed by atoms with Crippen LogP contribution in [0.2, 0.25) is 0 Å². The molecule has 200 valence electrons. The van der Waals surface area contributed by atoms with Crippen molar-refractivity contribution >= 4 is 27.6 Å². The van der Waals surface area contributed by atoms with Crippen molar-refractivity contribution in [2.75, 3.05) is 25.0 Å². The van der Waals surface area contributed by atoms with E-state index in [1.807, 2.05) is 30.3 Å². The normalized spacial score (nSPS) is 19.8. The van der Waals surface area contributed by atoms with Crippen LogP contribution in [-0.4, -0.2) is 62.1 Å². The van der Waals surface area contributed by atoms with Gasteiger partial charge in [-0.1, -0.05) is 43.3 Å². The van der Waals surface area contributed by atoms with Crippen LogP contribution in [0.15, 0.2) is 52.4 Å². The number of rotatable bonds is 9. The van der Waals surface area contributed by atoms with E-state index in [-0.39, 0.29) is 36.3 Å². The van der Waals surface area contributed by atoms with E-state index in [9.17, 15) is 18.3 Å². The number of anilines is 1. The van der Waals surface area contributed by atoms with Gasteiger partial charge in [-0.15, -0.1) is 0 Å². The van der Waals surface area contributed by atoms with Crippen molar-refractivity contribution in [3.63, 3.8) is 0 Å². The zero-order valence-electron chi connectivity index (χ0n) is 21.1. The molecule has 0 radical (unpaired) electrons. The maximum absolute atomic E-state index is 13.8. The summed E-state index contributed by atoms with van der Waals surface area (Å²) in [7, 11) is -4.05. The summed E-state index contributed by atoms with van der Waals surface area (Å²) >= 11 is 0. The number of amides is 1. The quantitative estimate of drug-likeness (QED) is 0.184. The van der Waals surface area contributed by atoms with Crippen LogP contribution in [0.4, 0.5) is 5.69 Å². The Kier molecular flexibility index (Phi) is 8.35. The molecule has 1 amide bonds. The van der Waals surface area contributed by atoms with Gasteiger partial charge in [0.1, 0.15) is 10.9 Å². The topological polar surface area (TPSA) is 163 Å². The second-order valence-corrected chi connectivity index (χ2v) is 11.6. The minimum Gasteiger partial charge on any atom is -0.394 e. The van der Waals surface area contributed by atoms with Gasteiger partial charge in [0, 0.05) is 19.6 Å². The molecule has 2 aromatic carbocycles. The smallest absolute Gasteiger partial charge is 0.243 e. The molecular formula is C26H36N6O4S. The van der Waals surface area contributed by atoms with E-state index in [4.69, 9.17) is 11.5 Å². The van der Waals surface area contributed by atoms with Crippen LogP contribution in [0.3, 0.4) is 0 Å². The highest BCUT2D eigenvalue weighted by atomic mass is 32.2. The summed E-state index contributed by atoms with van der Waals surface area (Å²) in [5.41, 5.74) is 14.4. The number of para-hydroxylation sites is 1. The number of benzene rings is 2. The van der Waals surface area contributed by atoms with Gasteiger partial charge in [-0.25, -0.2) is 8.42 Å². The summed E-state index contributed by atoms with van der Waals surface area (Å²) in [6.45, 7) is 3.12. The number of nitrogens with one attached hydrogen (secondary N) is 2. The fourth-order valence-electron chi connectivity index (χ4n) is 5.09. The monoisotopic (exact) mass is 528 g/mol. The fraction of sp³-hybridized carbons (Fsp3) is 0.462. The Labute approximate surface area is 218 Å². The SMILES string of the molecule is CC1CNc2c(cccc2S(=O)(=O)N[C@@H](CCCN=C(N)N)C(=O)N2Cc3ccccc3CC2CO)C1. The average Bonchev–Trinajstić information content (AvgIpc) is 2.88. The molecule has 0 bridgehead atoms. The number of aliphatic imine (C=N–C) groups is 1. The number of hydrogen-bond donors (Lipinski definition) is 5. The summed E-state index contributed by atoms with van der Waals surface area (Å²) in [5, 5.41) is 13.3. The van der Waals surface area contributed by atoms with Gasteiger partial charge >= 0.3 is 0 Å². The lowest BCUT2D eigenvalue weighted by Crippen LogP contribution is -2.54. The highest BCUT2D eigenvalue weighted by Crippen LogP contribution is 2.32. The number of aliphatic hydroxyl groups excluding tert-OH is 1. The molecular weight excluding hydrogens is 492 g/mol. The second kappa shape index (κ2) is 11.5. The van der Waals surface area contributed by atoms with E-state index in [1.54, 1.807) is 17.0 Å². The Morgan fingerprint density at radius 1 is 1.16 bits per heavy atom. The first kappa shape index (κ1) is 26.9. The van der Waals surface area contributed by atoms with Crippen LogP contribution in [0.1, 0.15) is 36.5 Å². The Morgan fingerprint density at radius 2 is 1.89 bits per heavy atom. The van der Waals surface area contributed by atoms with Gasteiger partial charge in [0.15, 0.2) is 5.96 Å². The number of nitrogens with two attached hydrogens (primary N) is 2. The van der Waals surface area contributed by atoms with Crippen molar-refractivity contribution in [2.24, 2.45) is 22.4 Å². The first-order chi connectivity index (χ1) is 17.7. The minimum atomic E-state index is -4.05. The minimum absolute atomic E-state index is 0.0624. The number of nitrogens with zero attached hydrogens (tertiary/aromatic N) is 2. The van der Waals surface area contributed by atoms with Crippen molar-refractivity contribution in [3.8, 4) is 0 Å². The third kappa shape index (κ3) is 6.23. The molecule has 0 fully saturated rings. The highest BCUT2D eigenvalue weighted by Gasteiger charge is 2.36. The van der Waals surface area contributed by atoms with Crippen LogP contribution >= 0.6 is 0 Å². The van der Waals surface area contributed by atoms with Crippen LogP contribution in [0.25, 0.3) is 0 Å². The molecule has 11 heteroatoms. The van der Waals surface area contributed by atoms with Gasteiger partial charge in [-0.2, -0.15) is 4.72 Å².